The van der Waals surface area contributed by atoms with Gasteiger partial charge < -0.3 is 4.98 Å². The van der Waals surface area contributed by atoms with Gasteiger partial charge in [0.1, 0.15) is 11.6 Å². The van der Waals surface area contributed by atoms with Crippen LogP contribution in [0.25, 0.3) is 10.9 Å². The second-order valence-corrected chi connectivity index (χ2v) is 4.17. The fourth-order valence-corrected chi connectivity index (χ4v) is 1.61. The van der Waals surface area contributed by atoms with Crippen molar-refractivity contribution in [2.24, 2.45) is 0 Å². The van der Waals surface area contributed by atoms with Crippen molar-refractivity contribution in [3.63, 3.8) is 0 Å². The molecule has 0 spiro atoms. The van der Waals surface area contributed by atoms with Gasteiger partial charge in [0.25, 0.3) is 5.56 Å². The van der Waals surface area contributed by atoms with Crippen LogP contribution in [0.4, 0.5) is 4.39 Å². The van der Waals surface area contributed by atoms with E-state index < -0.39 is 0 Å². The number of nitrogens with one attached hydrogen (secondary N) is 1. The van der Waals surface area contributed by atoms with Crippen molar-refractivity contribution >= 4 is 10.9 Å². The molecule has 4 heteroatoms. The lowest BCUT2D eigenvalue weighted by Crippen LogP contribution is -2.13. The van der Waals surface area contributed by atoms with E-state index in [0.717, 1.165) is 0 Å². The summed E-state index contributed by atoms with van der Waals surface area (Å²) in [6.45, 7) is 5.49. The Labute approximate surface area is 92.3 Å². The Morgan fingerprint density at radius 2 is 2.06 bits per heavy atom. The lowest BCUT2D eigenvalue weighted by atomic mass is 10.1. The second-order valence-electron chi connectivity index (χ2n) is 4.17. The molecule has 0 aliphatic heterocycles. The van der Waals surface area contributed by atoms with Gasteiger partial charge in [-0.3, -0.25) is 4.79 Å². The first-order valence-corrected chi connectivity index (χ1v) is 5.19. The average molecular weight is 220 g/mol. The number of H-pyrrole nitrogens is 1. The average Bonchev–Trinajstić information content (AvgIpc) is 2.23. The van der Waals surface area contributed by atoms with E-state index in [1.54, 1.807) is 6.92 Å². The van der Waals surface area contributed by atoms with Crippen molar-refractivity contribution in [3.8, 4) is 0 Å². The molecule has 0 bridgehead atoms. The maximum absolute atomic E-state index is 13.4. The van der Waals surface area contributed by atoms with Gasteiger partial charge in [-0.2, -0.15) is 0 Å². The maximum atomic E-state index is 13.4. The Morgan fingerprint density at radius 1 is 1.38 bits per heavy atom. The SMILES string of the molecule is Cc1c(F)ccc2c(=O)[nH]c(C(C)C)nc12. The first-order valence-electron chi connectivity index (χ1n) is 5.19. The predicted molar refractivity (Wildman–Crippen MR) is 61.1 cm³/mol. The van der Waals surface area contributed by atoms with E-state index in [-0.39, 0.29) is 17.3 Å². The van der Waals surface area contributed by atoms with Gasteiger partial charge in [0.15, 0.2) is 0 Å². The van der Waals surface area contributed by atoms with Crippen molar-refractivity contribution < 1.29 is 4.39 Å². The minimum atomic E-state index is -0.333. The molecule has 16 heavy (non-hydrogen) atoms. The minimum Gasteiger partial charge on any atom is -0.310 e. The highest BCUT2D eigenvalue weighted by Gasteiger charge is 2.10. The van der Waals surface area contributed by atoms with Crippen LogP contribution < -0.4 is 5.56 Å². The van der Waals surface area contributed by atoms with E-state index in [1.165, 1.54) is 12.1 Å². The first kappa shape index (κ1) is 10.8. The molecule has 0 radical (unpaired) electrons. The summed E-state index contributed by atoms with van der Waals surface area (Å²) >= 11 is 0. The van der Waals surface area contributed by atoms with Crippen molar-refractivity contribution in [1.82, 2.24) is 9.97 Å². The van der Waals surface area contributed by atoms with E-state index in [1.807, 2.05) is 13.8 Å². The van der Waals surface area contributed by atoms with Gasteiger partial charge in [0.05, 0.1) is 10.9 Å². The first-order chi connectivity index (χ1) is 7.50. The molecule has 0 amide bonds. The zero-order valence-corrected chi connectivity index (χ0v) is 9.47. The van der Waals surface area contributed by atoms with Gasteiger partial charge in [0, 0.05) is 11.5 Å². The van der Waals surface area contributed by atoms with Gasteiger partial charge >= 0.3 is 0 Å². The third-order valence-corrected chi connectivity index (χ3v) is 2.63. The maximum Gasteiger partial charge on any atom is 0.258 e. The molecule has 84 valence electrons. The monoisotopic (exact) mass is 220 g/mol. The highest BCUT2D eigenvalue weighted by Crippen LogP contribution is 2.18. The summed E-state index contributed by atoms with van der Waals surface area (Å²) < 4.78 is 13.4. The Balaban J connectivity index is 2.89. The van der Waals surface area contributed by atoms with E-state index >= 15 is 0 Å². The van der Waals surface area contributed by atoms with Crippen molar-refractivity contribution in [3.05, 3.63) is 39.7 Å². The molecule has 3 nitrogen and oxygen atoms in total. The number of nitrogens with zero attached hydrogens (tertiary/aromatic N) is 1. The molecule has 0 saturated carbocycles. The molecule has 0 saturated heterocycles. The van der Waals surface area contributed by atoms with Crippen LogP contribution in [0, 0.1) is 12.7 Å². The zero-order valence-electron chi connectivity index (χ0n) is 9.47. The molecule has 2 aromatic rings. The normalized spacial score (nSPS) is 11.3. The number of aromatic amines is 1. The largest absolute Gasteiger partial charge is 0.310 e. The van der Waals surface area contributed by atoms with Crippen molar-refractivity contribution in [2.45, 2.75) is 26.7 Å². The van der Waals surface area contributed by atoms with E-state index in [4.69, 9.17) is 0 Å². The summed E-state index contributed by atoms with van der Waals surface area (Å²) in [5.41, 5.74) is 0.662. The molecule has 1 heterocycles. The van der Waals surface area contributed by atoms with Gasteiger partial charge in [-0.05, 0) is 19.1 Å². The van der Waals surface area contributed by atoms with Gasteiger partial charge in [0.2, 0.25) is 0 Å². The Morgan fingerprint density at radius 3 is 2.69 bits per heavy atom. The molecule has 1 N–H and O–H groups in total. The standard InChI is InChI=1S/C12H13FN2O/c1-6(2)11-14-10-7(3)9(13)5-4-8(10)12(16)15-11/h4-6H,1-3H3,(H,14,15,16). The number of halogens is 1. The molecule has 2 rings (SSSR count). The summed E-state index contributed by atoms with van der Waals surface area (Å²) in [5.74, 6) is 0.367. The van der Waals surface area contributed by atoms with Crippen LogP contribution in [0.2, 0.25) is 0 Å². The highest BCUT2D eigenvalue weighted by molar-refractivity contribution is 5.80. The Hall–Kier alpha value is -1.71. The van der Waals surface area contributed by atoms with Crippen LogP contribution in [0.1, 0.15) is 31.2 Å². The number of aryl methyl sites for hydroxylation is 1. The van der Waals surface area contributed by atoms with Crippen LogP contribution in [0.5, 0.6) is 0 Å². The number of hydrogen-bond donors (Lipinski definition) is 1. The molecule has 1 aromatic heterocycles. The third-order valence-electron chi connectivity index (χ3n) is 2.63. The molecule has 0 fully saturated rings. The quantitative estimate of drug-likeness (QED) is 0.802. The number of aromatic nitrogens is 2. The summed E-state index contributed by atoms with van der Waals surface area (Å²) in [6, 6.07) is 2.76. The predicted octanol–water partition coefficient (Wildman–Crippen LogP) is 2.49. The Kier molecular flexibility index (Phi) is 2.50. The topological polar surface area (TPSA) is 45.8 Å². The highest BCUT2D eigenvalue weighted by atomic mass is 19.1. The number of fused-ring (bicyclic) bond motifs is 1. The van der Waals surface area contributed by atoms with Crippen LogP contribution >= 0.6 is 0 Å². The molecular formula is C12H13FN2O. The van der Waals surface area contributed by atoms with Crippen LogP contribution in [-0.2, 0) is 0 Å². The summed E-state index contributed by atoms with van der Waals surface area (Å²) in [7, 11) is 0. The molecular weight excluding hydrogens is 207 g/mol. The lowest BCUT2D eigenvalue weighted by Gasteiger charge is -2.07. The lowest BCUT2D eigenvalue weighted by molar-refractivity contribution is 0.620. The van der Waals surface area contributed by atoms with Crippen LogP contribution in [-0.4, -0.2) is 9.97 Å². The zero-order chi connectivity index (χ0) is 11.9. The van der Waals surface area contributed by atoms with Crippen LogP contribution in [0.3, 0.4) is 0 Å². The van der Waals surface area contributed by atoms with Crippen LogP contribution in [0.15, 0.2) is 16.9 Å². The summed E-state index contributed by atoms with van der Waals surface area (Å²) in [4.78, 5) is 18.8. The van der Waals surface area contributed by atoms with E-state index in [0.29, 0.717) is 22.3 Å². The Bertz CT molecular complexity index is 602. The number of benzene rings is 1. The number of rotatable bonds is 1. The second kappa shape index (κ2) is 3.70. The summed E-state index contributed by atoms with van der Waals surface area (Å²) in [5, 5.41) is 0.434. The van der Waals surface area contributed by atoms with Crippen molar-refractivity contribution in [2.75, 3.05) is 0 Å². The molecule has 0 aliphatic rings. The van der Waals surface area contributed by atoms with Gasteiger partial charge in [-0.1, -0.05) is 13.8 Å². The fraction of sp³-hybridized carbons (Fsp3) is 0.333. The van der Waals surface area contributed by atoms with E-state index in [9.17, 15) is 9.18 Å². The van der Waals surface area contributed by atoms with Crippen molar-refractivity contribution in [1.29, 1.82) is 0 Å². The van der Waals surface area contributed by atoms with E-state index in [2.05, 4.69) is 9.97 Å². The minimum absolute atomic E-state index is 0.111. The molecule has 0 aliphatic carbocycles. The number of hydrogen-bond acceptors (Lipinski definition) is 2. The van der Waals surface area contributed by atoms with Gasteiger partial charge in [-0.15, -0.1) is 0 Å². The molecule has 1 aromatic carbocycles. The third kappa shape index (κ3) is 1.60. The van der Waals surface area contributed by atoms with Gasteiger partial charge in [-0.25, -0.2) is 9.37 Å². The molecule has 0 unspecified atom stereocenters. The smallest absolute Gasteiger partial charge is 0.258 e. The molecule has 0 atom stereocenters. The fourth-order valence-electron chi connectivity index (χ4n) is 1.61. The summed E-state index contributed by atoms with van der Waals surface area (Å²) in [6.07, 6.45) is 0.